The molecule has 1 aliphatic rings. The lowest BCUT2D eigenvalue weighted by atomic mass is 9.96. The maximum atomic E-state index is 12.2. The lowest BCUT2D eigenvalue weighted by Crippen LogP contribution is -1.99. The monoisotopic (exact) mass is 390 g/mol. The minimum atomic E-state index is -0.301. The van der Waals surface area contributed by atoms with Gasteiger partial charge in [0.05, 0.1) is 17.2 Å². The number of cyclic esters (lactones) is 1. The summed E-state index contributed by atoms with van der Waals surface area (Å²) in [6, 6.07) is 11.5. The van der Waals surface area contributed by atoms with Crippen LogP contribution in [0.1, 0.15) is 16.7 Å². The number of methoxy groups -OCH3 is 1. The van der Waals surface area contributed by atoms with Crippen molar-refractivity contribution < 1.29 is 14.3 Å². The lowest BCUT2D eigenvalue weighted by Gasteiger charge is -2.09. The van der Waals surface area contributed by atoms with Crippen molar-refractivity contribution in [2.75, 3.05) is 13.7 Å². The number of halogens is 1. The van der Waals surface area contributed by atoms with Gasteiger partial charge < -0.3 is 9.47 Å². The Bertz CT molecular complexity index is 827. The first-order valence-corrected chi connectivity index (χ1v) is 8.29. The van der Waals surface area contributed by atoms with E-state index in [1.807, 2.05) is 43.3 Å². The van der Waals surface area contributed by atoms with Crippen LogP contribution in [0.15, 0.2) is 45.8 Å². The van der Waals surface area contributed by atoms with Crippen LogP contribution in [0.5, 0.6) is 5.75 Å². The number of thiol groups is 1. The van der Waals surface area contributed by atoms with Gasteiger partial charge >= 0.3 is 5.97 Å². The maximum Gasteiger partial charge on any atom is 0.339 e. The van der Waals surface area contributed by atoms with E-state index in [0.29, 0.717) is 5.57 Å². The number of esters is 1. The average Bonchev–Trinajstić information content (AvgIpc) is 2.91. The van der Waals surface area contributed by atoms with Crippen LogP contribution < -0.4 is 4.74 Å². The molecule has 1 heterocycles. The van der Waals surface area contributed by atoms with Crippen LogP contribution in [0, 0.1) is 6.92 Å². The third kappa shape index (κ3) is 3.03. The average molecular weight is 391 g/mol. The molecule has 0 N–H and O–H groups in total. The molecule has 0 bridgehead atoms. The second-order valence-corrected chi connectivity index (χ2v) is 6.62. The predicted molar refractivity (Wildman–Crippen MR) is 96.9 cm³/mol. The summed E-state index contributed by atoms with van der Waals surface area (Å²) in [5.74, 6) is 0.419. The van der Waals surface area contributed by atoms with Gasteiger partial charge in [-0.2, -0.15) is 0 Å². The van der Waals surface area contributed by atoms with Gasteiger partial charge in [0.15, 0.2) is 0 Å². The smallest absolute Gasteiger partial charge is 0.339 e. The van der Waals surface area contributed by atoms with Gasteiger partial charge in [0, 0.05) is 10.5 Å². The number of rotatable bonds is 3. The Morgan fingerprint density at radius 2 is 1.91 bits per heavy atom. The number of carbonyl (C=O) groups excluding carboxylic acids is 1. The normalized spacial score (nSPS) is 14.2. The van der Waals surface area contributed by atoms with Crippen molar-refractivity contribution in [1.82, 2.24) is 0 Å². The van der Waals surface area contributed by atoms with Crippen molar-refractivity contribution in [2.24, 2.45) is 0 Å². The van der Waals surface area contributed by atoms with Crippen molar-refractivity contribution in [1.29, 1.82) is 0 Å². The molecule has 2 aromatic rings. The zero-order valence-electron chi connectivity index (χ0n) is 12.7. The molecule has 0 saturated carbocycles. The van der Waals surface area contributed by atoms with Crippen LogP contribution in [0.4, 0.5) is 0 Å². The number of hydrogen-bond donors (Lipinski definition) is 1. The van der Waals surface area contributed by atoms with Crippen molar-refractivity contribution in [3.63, 3.8) is 0 Å². The summed E-state index contributed by atoms with van der Waals surface area (Å²) in [4.78, 5) is 13.2. The van der Waals surface area contributed by atoms with Crippen molar-refractivity contribution in [3.05, 3.63) is 57.6 Å². The molecule has 0 aromatic heterocycles. The van der Waals surface area contributed by atoms with Gasteiger partial charge in [-0.3, -0.25) is 0 Å². The summed E-state index contributed by atoms with van der Waals surface area (Å²) in [6.45, 7) is 2.27. The summed E-state index contributed by atoms with van der Waals surface area (Å²) < 4.78 is 11.3. The van der Waals surface area contributed by atoms with E-state index in [-0.39, 0.29) is 12.6 Å². The summed E-state index contributed by atoms with van der Waals surface area (Å²) in [6.07, 6.45) is 0. The predicted octanol–water partition coefficient (Wildman–Crippen LogP) is 4.52. The topological polar surface area (TPSA) is 35.5 Å². The Balaban J connectivity index is 2.14. The highest BCUT2D eigenvalue weighted by Crippen LogP contribution is 2.36. The van der Waals surface area contributed by atoms with E-state index in [9.17, 15) is 4.79 Å². The van der Waals surface area contributed by atoms with E-state index in [1.165, 1.54) is 0 Å². The third-order valence-electron chi connectivity index (χ3n) is 3.84. The summed E-state index contributed by atoms with van der Waals surface area (Å²) in [7, 11) is 1.61. The Hall–Kier alpha value is -1.72. The van der Waals surface area contributed by atoms with Crippen LogP contribution in [-0.4, -0.2) is 19.7 Å². The molecular weight excluding hydrogens is 376 g/mol. The zero-order valence-corrected chi connectivity index (χ0v) is 15.2. The number of carbonyl (C=O) groups is 1. The van der Waals surface area contributed by atoms with Gasteiger partial charge in [0.2, 0.25) is 0 Å². The number of benzene rings is 2. The highest BCUT2D eigenvalue weighted by atomic mass is 79.9. The van der Waals surface area contributed by atoms with Gasteiger partial charge in [-0.15, -0.1) is 12.6 Å². The van der Waals surface area contributed by atoms with E-state index >= 15 is 0 Å². The Labute approximate surface area is 148 Å². The second-order valence-electron chi connectivity index (χ2n) is 5.28. The lowest BCUT2D eigenvalue weighted by molar-refractivity contribution is -0.133. The minimum Gasteiger partial charge on any atom is -0.496 e. The quantitative estimate of drug-likeness (QED) is 0.617. The Morgan fingerprint density at radius 3 is 2.57 bits per heavy atom. The van der Waals surface area contributed by atoms with Crippen LogP contribution >= 0.6 is 28.6 Å². The first kappa shape index (κ1) is 16.1. The van der Waals surface area contributed by atoms with E-state index in [4.69, 9.17) is 9.47 Å². The van der Waals surface area contributed by atoms with E-state index in [1.54, 1.807) is 7.11 Å². The minimum absolute atomic E-state index is 0.281. The van der Waals surface area contributed by atoms with Gasteiger partial charge in [-0.1, -0.05) is 18.2 Å². The molecule has 118 valence electrons. The molecule has 0 fully saturated rings. The SMILES string of the molecule is COc1ccc(C2=C(c3ccc(S)c(C)c3)COC2=O)cc1Br. The number of ether oxygens (including phenoxy) is 2. The van der Waals surface area contributed by atoms with Gasteiger partial charge in [-0.05, 0) is 57.7 Å². The second kappa shape index (κ2) is 6.42. The standard InChI is InChI=1S/C18H15BrO3S/c1-10-7-11(4-6-16(10)23)13-9-22-18(20)17(13)12-3-5-15(21-2)14(19)8-12/h3-8,23H,9H2,1-2H3. The fraction of sp³-hybridized carbons (Fsp3) is 0.167. The molecule has 0 saturated heterocycles. The summed E-state index contributed by atoms with van der Waals surface area (Å²) in [5.41, 5.74) is 4.34. The largest absolute Gasteiger partial charge is 0.496 e. The molecule has 3 nitrogen and oxygen atoms in total. The fourth-order valence-electron chi connectivity index (χ4n) is 2.59. The van der Waals surface area contributed by atoms with E-state index in [2.05, 4.69) is 28.6 Å². The van der Waals surface area contributed by atoms with E-state index in [0.717, 1.165) is 37.4 Å². The molecule has 0 spiro atoms. The molecule has 5 heteroatoms. The summed E-state index contributed by atoms with van der Waals surface area (Å²) in [5, 5.41) is 0. The molecule has 0 amide bonds. The maximum absolute atomic E-state index is 12.2. The van der Waals surface area contributed by atoms with Crippen LogP contribution in [0.2, 0.25) is 0 Å². The first-order chi connectivity index (χ1) is 11.0. The van der Waals surface area contributed by atoms with Crippen molar-refractivity contribution in [2.45, 2.75) is 11.8 Å². The highest BCUT2D eigenvalue weighted by Gasteiger charge is 2.27. The fourth-order valence-corrected chi connectivity index (χ4v) is 3.27. The van der Waals surface area contributed by atoms with Gasteiger partial charge in [-0.25, -0.2) is 4.79 Å². The van der Waals surface area contributed by atoms with Crippen LogP contribution in [0.3, 0.4) is 0 Å². The van der Waals surface area contributed by atoms with E-state index < -0.39 is 0 Å². The number of aryl methyl sites for hydroxylation is 1. The molecule has 0 unspecified atom stereocenters. The molecule has 0 radical (unpaired) electrons. The molecule has 0 atom stereocenters. The highest BCUT2D eigenvalue weighted by molar-refractivity contribution is 9.10. The van der Waals surface area contributed by atoms with Crippen LogP contribution in [0.25, 0.3) is 11.1 Å². The molecule has 3 rings (SSSR count). The molecule has 0 aliphatic carbocycles. The Kier molecular flexibility index (Phi) is 4.50. The first-order valence-electron chi connectivity index (χ1n) is 7.05. The zero-order chi connectivity index (χ0) is 16.6. The van der Waals surface area contributed by atoms with Crippen molar-refractivity contribution >= 4 is 45.7 Å². The molecule has 2 aromatic carbocycles. The van der Waals surface area contributed by atoms with Crippen LogP contribution in [-0.2, 0) is 9.53 Å². The molecular formula is C18H15BrO3S. The van der Waals surface area contributed by atoms with Crippen molar-refractivity contribution in [3.8, 4) is 5.75 Å². The van der Waals surface area contributed by atoms with Gasteiger partial charge in [0.25, 0.3) is 0 Å². The van der Waals surface area contributed by atoms with Gasteiger partial charge in [0.1, 0.15) is 12.4 Å². The Morgan fingerprint density at radius 1 is 1.17 bits per heavy atom. The summed E-state index contributed by atoms with van der Waals surface area (Å²) >= 11 is 7.86. The molecule has 1 aliphatic heterocycles. The molecule has 23 heavy (non-hydrogen) atoms. The third-order valence-corrected chi connectivity index (χ3v) is 4.96. The number of hydrogen-bond acceptors (Lipinski definition) is 4.